The molecule has 1 atom stereocenters. The Labute approximate surface area is 125 Å². The van der Waals surface area contributed by atoms with Crippen LogP contribution in [0.3, 0.4) is 0 Å². The third-order valence-corrected chi connectivity index (χ3v) is 5.88. The van der Waals surface area contributed by atoms with Gasteiger partial charge in [-0.3, -0.25) is 0 Å². The summed E-state index contributed by atoms with van der Waals surface area (Å²) >= 11 is 6.02. The number of halogens is 1. The number of hydrogen-bond donors (Lipinski definition) is 2. The second-order valence-electron chi connectivity index (χ2n) is 5.44. The summed E-state index contributed by atoms with van der Waals surface area (Å²) in [4.78, 5) is 0.135. The fraction of sp³-hybridized carbons (Fsp3) is 0.571. The lowest BCUT2D eigenvalue weighted by molar-refractivity contribution is 0.405. The molecule has 6 heteroatoms. The van der Waals surface area contributed by atoms with Crippen molar-refractivity contribution in [1.29, 1.82) is 0 Å². The molecule has 1 aromatic carbocycles. The van der Waals surface area contributed by atoms with E-state index in [1.54, 1.807) is 18.2 Å². The molecule has 0 heterocycles. The Morgan fingerprint density at radius 2 is 2.05 bits per heavy atom. The molecule has 1 fully saturated rings. The Kier molecular flexibility index (Phi) is 5.07. The predicted molar refractivity (Wildman–Crippen MR) is 81.3 cm³/mol. The summed E-state index contributed by atoms with van der Waals surface area (Å²) in [6, 6.07) is 4.78. The van der Waals surface area contributed by atoms with E-state index in [4.69, 9.17) is 17.3 Å². The van der Waals surface area contributed by atoms with E-state index >= 15 is 0 Å². The zero-order chi connectivity index (χ0) is 14.8. The van der Waals surface area contributed by atoms with Crippen molar-refractivity contribution in [1.82, 2.24) is 4.72 Å². The average molecular weight is 317 g/mol. The van der Waals surface area contributed by atoms with E-state index in [1.807, 2.05) is 6.92 Å². The predicted octanol–water partition coefficient (Wildman–Crippen LogP) is 2.44. The number of benzene rings is 1. The largest absolute Gasteiger partial charge is 0.329 e. The van der Waals surface area contributed by atoms with Gasteiger partial charge in [0.1, 0.15) is 4.90 Å². The first-order valence-electron chi connectivity index (χ1n) is 6.92. The molecule has 20 heavy (non-hydrogen) atoms. The van der Waals surface area contributed by atoms with Crippen LogP contribution in [-0.4, -0.2) is 21.0 Å². The minimum absolute atomic E-state index is 0.135. The van der Waals surface area contributed by atoms with Crippen LogP contribution in [0.4, 0.5) is 0 Å². The van der Waals surface area contributed by atoms with Crippen LogP contribution in [0, 0.1) is 12.8 Å². The third-order valence-electron chi connectivity index (χ3n) is 3.91. The maximum Gasteiger partial charge on any atom is 0.242 e. The van der Waals surface area contributed by atoms with Gasteiger partial charge in [0.2, 0.25) is 10.0 Å². The fourth-order valence-electron chi connectivity index (χ4n) is 2.78. The van der Waals surface area contributed by atoms with Gasteiger partial charge in [-0.05, 0) is 43.4 Å². The molecule has 0 amide bonds. The molecule has 0 bridgehead atoms. The Morgan fingerprint density at radius 3 is 2.65 bits per heavy atom. The molecule has 0 spiro atoms. The molecule has 2 rings (SSSR count). The molecule has 1 aliphatic rings. The van der Waals surface area contributed by atoms with Crippen LogP contribution in [0.25, 0.3) is 0 Å². The van der Waals surface area contributed by atoms with E-state index in [-0.39, 0.29) is 16.0 Å². The summed E-state index contributed by atoms with van der Waals surface area (Å²) in [6.45, 7) is 2.15. The number of nitrogens with two attached hydrogens (primary N) is 1. The highest BCUT2D eigenvalue weighted by Crippen LogP contribution is 2.29. The fourth-order valence-corrected chi connectivity index (χ4v) is 4.68. The van der Waals surface area contributed by atoms with E-state index in [0.717, 1.165) is 31.2 Å². The van der Waals surface area contributed by atoms with E-state index in [9.17, 15) is 8.42 Å². The van der Waals surface area contributed by atoms with Gasteiger partial charge >= 0.3 is 0 Å². The van der Waals surface area contributed by atoms with Gasteiger partial charge < -0.3 is 5.73 Å². The van der Waals surface area contributed by atoms with E-state index in [0.29, 0.717) is 12.5 Å². The SMILES string of the molecule is Cc1ccc(Cl)c(S(=O)(=O)NC(CN)C2CCCC2)c1. The van der Waals surface area contributed by atoms with Crippen molar-refractivity contribution < 1.29 is 8.42 Å². The number of hydrogen-bond acceptors (Lipinski definition) is 3. The highest BCUT2D eigenvalue weighted by molar-refractivity contribution is 7.89. The quantitative estimate of drug-likeness (QED) is 0.876. The molecule has 4 nitrogen and oxygen atoms in total. The Morgan fingerprint density at radius 1 is 1.40 bits per heavy atom. The number of aryl methyl sites for hydroxylation is 1. The first kappa shape index (κ1) is 15.8. The minimum Gasteiger partial charge on any atom is -0.329 e. The van der Waals surface area contributed by atoms with Crippen LogP contribution in [-0.2, 0) is 10.0 Å². The molecule has 3 N–H and O–H groups in total. The molecular formula is C14H21ClN2O2S. The van der Waals surface area contributed by atoms with Gasteiger partial charge in [-0.2, -0.15) is 0 Å². The number of rotatable bonds is 5. The Balaban J connectivity index is 2.23. The van der Waals surface area contributed by atoms with Crippen molar-refractivity contribution in [3.8, 4) is 0 Å². The highest BCUT2D eigenvalue weighted by atomic mass is 35.5. The maximum atomic E-state index is 12.5. The standard InChI is InChI=1S/C14H21ClN2O2S/c1-10-6-7-12(15)14(8-10)20(18,19)17-13(9-16)11-4-2-3-5-11/h6-8,11,13,17H,2-5,9,16H2,1H3. The van der Waals surface area contributed by atoms with Gasteiger partial charge in [0, 0.05) is 12.6 Å². The molecule has 112 valence electrons. The molecule has 1 aliphatic carbocycles. The van der Waals surface area contributed by atoms with Gasteiger partial charge in [0.25, 0.3) is 0 Å². The van der Waals surface area contributed by atoms with E-state index in [1.165, 1.54) is 0 Å². The lowest BCUT2D eigenvalue weighted by Crippen LogP contribution is -2.44. The monoisotopic (exact) mass is 316 g/mol. The van der Waals surface area contributed by atoms with Gasteiger partial charge in [-0.1, -0.05) is 30.5 Å². The molecule has 0 radical (unpaired) electrons. The highest BCUT2D eigenvalue weighted by Gasteiger charge is 2.29. The summed E-state index contributed by atoms with van der Waals surface area (Å²) < 4.78 is 27.7. The van der Waals surface area contributed by atoms with Gasteiger partial charge in [-0.25, -0.2) is 13.1 Å². The third kappa shape index (κ3) is 3.52. The molecule has 1 aromatic rings. The van der Waals surface area contributed by atoms with Crippen LogP contribution in [0.5, 0.6) is 0 Å². The second-order valence-corrected chi connectivity index (χ2v) is 7.53. The minimum atomic E-state index is -3.62. The summed E-state index contributed by atoms with van der Waals surface area (Å²) in [5.74, 6) is 0.332. The van der Waals surface area contributed by atoms with Crippen molar-refractivity contribution in [2.24, 2.45) is 11.7 Å². The van der Waals surface area contributed by atoms with Gasteiger partial charge in [0.05, 0.1) is 5.02 Å². The summed E-state index contributed by atoms with van der Waals surface area (Å²) in [5.41, 5.74) is 6.61. The molecule has 1 unspecified atom stereocenters. The van der Waals surface area contributed by atoms with Crippen LogP contribution in [0.15, 0.2) is 23.1 Å². The van der Waals surface area contributed by atoms with Crippen LogP contribution in [0.2, 0.25) is 5.02 Å². The van der Waals surface area contributed by atoms with E-state index in [2.05, 4.69) is 4.72 Å². The van der Waals surface area contributed by atoms with Crippen molar-refractivity contribution in [3.05, 3.63) is 28.8 Å². The van der Waals surface area contributed by atoms with Crippen LogP contribution in [0.1, 0.15) is 31.2 Å². The topological polar surface area (TPSA) is 72.2 Å². The van der Waals surface area contributed by atoms with Crippen LogP contribution < -0.4 is 10.5 Å². The molecule has 0 aliphatic heterocycles. The molecular weight excluding hydrogens is 296 g/mol. The van der Waals surface area contributed by atoms with E-state index < -0.39 is 10.0 Å². The summed E-state index contributed by atoms with van der Waals surface area (Å²) in [5, 5.41) is 0.241. The van der Waals surface area contributed by atoms with Gasteiger partial charge in [0.15, 0.2) is 0 Å². The summed E-state index contributed by atoms with van der Waals surface area (Å²) in [7, 11) is -3.62. The average Bonchev–Trinajstić information content (AvgIpc) is 2.92. The zero-order valence-electron chi connectivity index (χ0n) is 11.6. The van der Waals surface area contributed by atoms with Crippen LogP contribution >= 0.6 is 11.6 Å². The smallest absolute Gasteiger partial charge is 0.242 e. The zero-order valence-corrected chi connectivity index (χ0v) is 13.2. The molecule has 0 aromatic heterocycles. The molecule has 0 saturated heterocycles. The van der Waals surface area contributed by atoms with Crippen molar-refractivity contribution in [2.45, 2.75) is 43.5 Å². The Bertz CT molecular complexity index is 569. The molecule has 1 saturated carbocycles. The summed E-state index contributed by atoms with van der Waals surface area (Å²) in [6.07, 6.45) is 4.36. The van der Waals surface area contributed by atoms with Crippen molar-refractivity contribution >= 4 is 21.6 Å². The van der Waals surface area contributed by atoms with Crippen molar-refractivity contribution in [2.75, 3.05) is 6.54 Å². The lowest BCUT2D eigenvalue weighted by Gasteiger charge is -2.23. The lowest BCUT2D eigenvalue weighted by atomic mass is 9.99. The first-order chi connectivity index (χ1) is 9.44. The first-order valence-corrected chi connectivity index (χ1v) is 8.78. The van der Waals surface area contributed by atoms with Gasteiger partial charge in [-0.15, -0.1) is 0 Å². The van der Waals surface area contributed by atoms with Crippen molar-refractivity contribution in [3.63, 3.8) is 0 Å². The number of nitrogens with one attached hydrogen (secondary N) is 1. The second kappa shape index (κ2) is 6.43. The Hall–Kier alpha value is -0.620. The normalized spacial score (nSPS) is 18.4. The number of sulfonamides is 1. The maximum absolute atomic E-state index is 12.5.